The van der Waals surface area contributed by atoms with Gasteiger partial charge in [0.1, 0.15) is 13.2 Å². The van der Waals surface area contributed by atoms with Crippen LogP contribution in [-0.2, 0) is 7.05 Å². The Hall–Kier alpha value is -2.61. The molecule has 4 rings (SSSR count). The number of benzene rings is 1. The number of nitrogens with zero attached hydrogens (tertiary/aromatic N) is 3. The van der Waals surface area contributed by atoms with Gasteiger partial charge in [0.2, 0.25) is 5.95 Å². The highest BCUT2D eigenvalue weighted by Gasteiger charge is 2.24. The predicted octanol–water partition coefficient (Wildman–Crippen LogP) is 1.31. The van der Waals surface area contributed by atoms with Crippen LogP contribution in [-0.4, -0.2) is 47.0 Å². The predicted molar refractivity (Wildman–Crippen MR) is 91.2 cm³/mol. The molecule has 2 N–H and O–H groups in total. The lowest BCUT2D eigenvalue weighted by Gasteiger charge is -2.20. The fourth-order valence-corrected chi connectivity index (χ4v) is 3.19. The number of piperidine rings is 1. The zero-order valence-electron chi connectivity index (χ0n) is 14.1. The van der Waals surface area contributed by atoms with Crippen LogP contribution in [0.15, 0.2) is 18.2 Å². The minimum Gasteiger partial charge on any atom is -0.486 e. The van der Waals surface area contributed by atoms with Gasteiger partial charge in [-0.1, -0.05) is 6.07 Å². The first kappa shape index (κ1) is 15.9. The van der Waals surface area contributed by atoms with Crippen LogP contribution in [0.2, 0.25) is 0 Å². The van der Waals surface area contributed by atoms with Crippen molar-refractivity contribution >= 4 is 11.9 Å². The SMILES string of the molecule is Cn1nc(C2CCNCC2)nc1NC(=O)c1cccc2c1OCCO2. The summed E-state index contributed by atoms with van der Waals surface area (Å²) in [5, 5.41) is 10.6. The van der Waals surface area contributed by atoms with Gasteiger partial charge in [-0.15, -0.1) is 0 Å². The molecule has 8 heteroatoms. The summed E-state index contributed by atoms with van der Waals surface area (Å²) >= 11 is 0. The molecule has 2 aliphatic rings. The maximum atomic E-state index is 12.7. The van der Waals surface area contributed by atoms with Crippen LogP contribution in [0.4, 0.5) is 5.95 Å². The van der Waals surface area contributed by atoms with Crippen molar-refractivity contribution in [2.24, 2.45) is 7.05 Å². The molecule has 2 aromatic rings. The number of fused-ring (bicyclic) bond motifs is 1. The monoisotopic (exact) mass is 343 g/mol. The number of nitrogens with one attached hydrogen (secondary N) is 2. The van der Waals surface area contributed by atoms with E-state index in [4.69, 9.17) is 9.47 Å². The summed E-state index contributed by atoms with van der Waals surface area (Å²) in [5.41, 5.74) is 0.434. The van der Waals surface area contributed by atoms with Crippen molar-refractivity contribution in [1.82, 2.24) is 20.1 Å². The Morgan fingerprint density at radius 1 is 1.28 bits per heavy atom. The minimum atomic E-state index is -0.283. The molecule has 3 heterocycles. The van der Waals surface area contributed by atoms with E-state index in [1.807, 2.05) is 0 Å². The summed E-state index contributed by atoms with van der Waals surface area (Å²) < 4.78 is 12.7. The summed E-state index contributed by atoms with van der Waals surface area (Å²) in [6, 6.07) is 5.29. The molecule has 0 saturated carbocycles. The summed E-state index contributed by atoms with van der Waals surface area (Å²) in [5.74, 6) is 2.34. The summed E-state index contributed by atoms with van der Waals surface area (Å²) in [4.78, 5) is 17.2. The van der Waals surface area contributed by atoms with Gasteiger partial charge >= 0.3 is 0 Å². The zero-order valence-corrected chi connectivity index (χ0v) is 14.1. The zero-order chi connectivity index (χ0) is 17.2. The van der Waals surface area contributed by atoms with E-state index >= 15 is 0 Å². The molecule has 1 saturated heterocycles. The van der Waals surface area contributed by atoms with E-state index in [9.17, 15) is 4.79 Å². The molecule has 132 valence electrons. The number of amides is 1. The molecule has 0 radical (unpaired) electrons. The summed E-state index contributed by atoms with van der Waals surface area (Å²) in [6.07, 6.45) is 2.02. The number of aryl methyl sites for hydroxylation is 1. The molecule has 2 aliphatic heterocycles. The molecule has 0 bridgehead atoms. The third-order valence-electron chi connectivity index (χ3n) is 4.52. The van der Waals surface area contributed by atoms with Gasteiger partial charge in [0.15, 0.2) is 17.3 Å². The van der Waals surface area contributed by atoms with Crippen LogP contribution >= 0.6 is 0 Å². The molecule has 25 heavy (non-hydrogen) atoms. The first-order valence-corrected chi connectivity index (χ1v) is 8.54. The number of hydrogen-bond acceptors (Lipinski definition) is 6. The molecule has 0 unspecified atom stereocenters. The van der Waals surface area contributed by atoms with Gasteiger partial charge in [-0.2, -0.15) is 10.1 Å². The van der Waals surface area contributed by atoms with Crippen LogP contribution < -0.4 is 20.1 Å². The Morgan fingerprint density at radius 3 is 2.92 bits per heavy atom. The number of para-hydroxylation sites is 1. The molecular formula is C17H21N5O3. The summed E-state index contributed by atoms with van der Waals surface area (Å²) in [7, 11) is 1.78. The van der Waals surface area contributed by atoms with Gasteiger partial charge in [-0.25, -0.2) is 4.68 Å². The van der Waals surface area contributed by atoms with Crippen LogP contribution in [0.5, 0.6) is 11.5 Å². The van der Waals surface area contributed by atoms with E-state index < -0.39 is 0 Å². The number of carbonyl (C=O) groups excluding carboxylic acids is 1. The van der Waals surface area contributed by atoms with Crippen molar-refractivity contribution in [2.75, 3.05) is 31.6 Å². The largest absolute Gasteiger partial charge is 0.486 e. The second-order valence-corrected chi connectivity index (χ2v) is 6.23. The van der Waals surface area contributed by atoms with Gasteiger partial charge in [0, 0.05) is 13.0 Å². The fourth-order valence-electron chi connectivity index (χ4n) is 3.19. The van der Waals surface area contributed by atoms with Crippen LogP contribution in [0.25, 0.3) is 0 Å². The van der Waals surface area contributed by atoms with E-state index in [2.05, 4.69) is 20.7 Å². The van der Waals surface area contributed by atoms with E-state index in [-0.39, 0.29) is 5.91 Å². The Balaban J connectivity index is 1.54. The van der Waals surface area contributed by atoms with E-state index in [0.717, 1.165) is 31.8 Å². The van der Waals surface area contributed by atoms with Crippen LogP contribution in [0.1, 0.15) is 34.9 Å². The molecule has 1 fully saturated rings. The van der Waals surface area contributed by atoms with Gasteiger partial charge in [0.25, 0.3) is 5.91 Å². The molecule has 0 aliphatic carbocycles. The molecule has 1 amide bonds. The highest BCUT2D eigenvalue weighted by Crippen LogP contribution is 2.34. The third kappa shape index (κ3) is 3.17. The lowest BCUT2D eigenvalue weighted by molar-refractivity contribution is 0.101. The lowest BCUT2D eigenvalue weighted by Crippen LogP contribution is -2.27. The quantitative estimate of drug-likeness (QED) is 0.873. The average molecular weight is 343 g/mol. The van der Waals surface area contributed by atoms with Gasteiger partial charge in [-0.05, 0) is 38.1 Å². The van der Waals surface area contributed by atoms with Crippen molar-refractivity contribution in [3.8, 4) is 11.5 Å². The van der Waals surface area contributed by atoms with Crippen LogP contribution in [0, 0.1) is 0 Å². The number of ether oxygens (including phenoxy) is 2. The first-order valence-electron chi connectivity index (χ1n) is 8.54. The Kier molecular flexibility index (Phi) is 4.27. The fraction of sp³-hybridized carbons (Fsp3) is 0.471. The van der Waals surface area contributed by atoms with E-state index in [0.29, 0.717) is 42.1 Å². The van der Waals surface area contributed by atoms with Crippen molar-refractivity contribution in [2.45, 2.75) is 18.8 Å². The highest BCUT2D eigenvalue weighted by atomic mass is 16.6. The van der Waals surface area contributed by atoms with Crippen molar-refractivity contribution < 1.29 is 14.3 Å². The second kappa shape index (κ2) is 6.72. The van der Waals surface area contributed by atoms with E-state index in [1.54, 1.807) is 29.9 Å². The van der Waals surface area contributed by atoms with Gasteiger partial charge in [0.05, 0.1) is 5.56 Å². The topological polar surface area (TPSA) is 90.3 Å². The number of aromatic nitrogens is 3. The smallest absolute Gasteiger partial charge is 0.261 e. The Morgan fingerprint density at radius 2 is 2.08 bits per heavy atom. The molecule has 0 spiro atoms. The molecule has 1 aromatic carbocycles. The maximum absolute atomic E-state index is 12.7. The van der Waals surface area contributed by atoms with Crippen LogP contribution in [0.3, 0.4) is 0 Å². The molecule has 8 nitrogen and oxygen atoms in total. The number of hydrogen-bond donors (Lipinski definition) is 2. The Labute approximate surface area is 145 Å². The standard InChI is InChI=1S/C17H21N5O3/c1-22-17(19-15(21-22)11-5-7-18-8-6-11)20-16(23)12-3-2-4-13-14(12)25-10-9-24-13/h2-4,11,18H,5-10H2,1H3,(H,19,20,21,23). The maximum Gasteiger partial charge on any atom is 0.261 e. The molecular weight excluding hydrogens is 322 g/mol. The molecule has 1 aromatic heterocycles. The Bertz CT molecular complexity index is 783. The van der Waals surface area contributed by atoms with Crippen molar-refractivity contribution in [3.63, 3.8) is 0 Å². The first-order chi connectivity index (χ1) is 12.2. The minimum absolute atomic E-state index is 0.283. The highest BCUT2D eigenvalue weighted by molar-refractivity contribution is 6.06. The number of rotatable bonds is 3. The lowest BCUT2D eigenvalue weighted by atomic mass is 9.98. The molecule has 0 atom stereocenters. The average Bonchev–Trinajstić information content (AvgIpc) is 3.02. The van der Waals surface area contributed by atoms with Crippen molar-refractivity contribution in [1.29, 1.82) is 0 Å². The normalized spacial score (nSPS) is 17.3. The number of carbonyl (C=O) groups is 1. The van der Waals surface area contributed by atoms with Gasteiger partial charge < -0.3 is 14.8 Å². The second-order valence-electron chi connectivity index (χ2n) is 6.23. The van der Waals surface area contributed by atoms with E-state index in [1.165, 1.54) is 0 Å². The van der Waals surface area contributed by atoms with Crippen molar-refractivity contribution in [3.05, 3.63) is 29.6 Å². The third-order valence-corrected chi connectivity index (χ3v) is 4.52. The summed E-state index contributed by atoms with van der Waals surface area (Å²) in [6.45, 7) is 2.86. The number of anilines is 1. The van der Waals surface area contributed by atoms with Gasteiger partial charge in [-0.3, -0.25) is 10.1 Å².